The number of hydrogen-bond acceptors (Lipinski definition) is 3. The highest BCUT2D eigenvalue weighted by Gasteiger charge is 2.11. The lowest BCUT2D eigenvalue weighted by Gasteiger charge is -2.27. The molecule has 0 atom stereocenters. The van der Waals surface area contributed by atoms with Gasteiger partial charge in [0.05, 0.1) is 13.2 Å². The van der Waals surface area contributed by atoms with E-state index in [1.807, 2.05) is 19.1 Å². The summed E-state index contributed by atoms with van der Waals surface area (Å²) in [6, 6.07) is 6.12. The Kier molecular flexibility index (Phi) is 2.45. The molecule has 1 saturated heterocycles. The van der Waals surface area contributed by atoms with E-state index in [1.54, 1.807) is 0 Å². The molecule has 1 aliphatic heterocycles. The Bertz CT molecular complexity index is 282. The molecule has 0 unspecified atom stereocenters. The molecule has 1 aromatic rings. The van der Waals surface area contributed by atoms with Gasteiger partial charge in [-0.15, -0.1) is 0 Å². The standard InChI is InChI=1S/C10H14N2O/c1-9-3-2-4-10(11-9)12-5-7-13-8-6-12/h2-4H,5-8H2,1H3. The normalized spacial score (nSPS) is 17.5. The molecule has 0 amide bonds. The van der Waals surface area contributed by atoms with Crippen molar-refractivity contribution in [2.24, 2.45) is 0 Å². The fourth-order valence-corrected chi connectivity index (χ4v) is 1.50. The van der Waals surface area contributed by atoms with Gasteiger partial charge in [-0.3, -0.25) is 0 Å². The molecular formula is C10H14N2O. The number of morpholine rings is 1. The highest BCUT2D eigenvalue weighted by atomic mass is 16.5. The minimum Gasteiger partial charge on any atom is -0.378 e. The number of rotatable bonds is 1. The molecule has 70 valence electrons. The third-order valence-electron chi connectivity index (χ3n) is 2.21. The van der Waals surface area contributed by atoms with E-state index in [2.05, 4.69) is 16.0 Å². The fourth-order valence-electron chi connectivity index (χ4n) is 1.50. The molecule has 0 aromatic carbocycles. The Morgan fingerprint density at radius 3 is 2.77 bits per heavy atom. The molecule has 0 saturated carbocycles. The Balaban J connectivity index is 2.14. The van der Waals surface area contributed by atoms with E-state index in [4.69, 9.17) is 4.74 Å². The van der Waals surface area contributed by atoms with Crippen LogP contribution in [0.15, 0.2) is 18.2 Å². The topological polar surface area (TPSA) is 25.4 Å². The van der Waals surface area contributed by atoms with Gasteiger partial charge < -0.3 is 9.64 Å². The van der Waals surface area contributed by atoms with Gasteiger partial charge in [0.1, 0.15) is 5.82 Å². The van der Waals surface area contributed by atoms with E-state index in [9.17, 15) is 0 Å². The van der Waals surface area contributed by atoms with Gasteiger partial charge in [0, 0.05) is 18.8 Å². The van der Waals surface area contributed by atoms with Gasteiger partial charge in [-0.25, -0.2) is 4.98 Å². The quantitative estimate of drug-likeness (QED) is 0.646. The van der Waals surface area contributed by atoms with Crippen LogP contribution in [0.5, 0.6) is 0 Å². The van der Waals surface area contributed by atoms with Crippen LogP contribution in [-0.4, -0.2) is 31.3 Å². The molecule has 3 heteroatoms. The highest BCUT2D eigenvalue weighted by Crippen LogP contribution is 2.12. The summed E-state index contributed by atoms with van der Waals surface area (Å²) in [7, 11) is 0. The molecule has 13 heavy (non-hydrogen) atoms. The lowest BCUT2D eigenvalue weighted by Crippen LogP contribution is -2.36. The van der Waals surface area contributed by atoms with Crippen molar-refractivity contribution < 1.29 is 4.74 Å². The summed E-state index contributed by atoms with van der Waals surface area (Å²) >= 11 is 0. The first-order valence-corrected chi connectivity index (χ1v) is 4.62. The van der Waals surface area contributed by atoms with Crippen molar-refractivity contribution in [3.8, 4) is 0 Å². The maximum Gasteiger partial charge on any atom is 0.128 e. The zero-order valence-corrected chi connectivity index (χ0v) is 7.86. The number of hydrogen-bond donors (Lipinski definition) is 0. The minimum atomic E-state index is 0.815. The maximum atomic E-state index is 5.28. The van der Waals surface area contributed by atoms with Gasteiger partial charge >= 0.3 is 0 Å². The first-order valence-electron chi connectivity index (χ1n) is 4.62. The molecular weight excluding hydrogens is 164 g/mol. The smallest absolute Gasteiger partial charge is 0.128 e. The van der Waals surface area contributed by atoms with E-state index < -0.39 is 0 Å². The van der Waals surface area contributed by atoms with Gasteiger partial charge in [-0.1, -0.05) is 6.07 Å². The number of pyridine rings is 1. The van der Waals surface area contributed by atoms with E-state index in [1.165, 1.54) is 0 Å². The molecule has 0 radical (unpaired) electrons. The summed E-state index contributed by atoms with van der Waals surface area (Å²) in [5, 5.41) is 0. The van der Waals surface area contributed by atoms with Gasteiger partial charge in [-0.2, -0.15) is 0 Å². The highest BCUT2D eigenvalue weighted by molar-refractivity contribution is 5.39. The molecule has 0 bridgehead atoms. The van der Waals surface area contributed by atoms with Crippen LogP contribution >= 0.6 is 0 Å². The average molecular weight is 178 g/mol. The van der Waals surface area contributed by atoms with Crippen LogP contribution in [0.4, 0.5) is 5.82 Å². The van der Waals surface area contributed by atoms with Gasteiger partial charge in [0.25, 0.3) is 0 Å². The largest absolute Gasteiger partial charge is 0.378 e. The number of nitrogens with zero attached hydrogens (tertiary/aromatic N) is 2. The lowest BCUT2D eigenvalue weighted by atomic mass is 10.3. The van der Waals surface area contributed by atoms with Crippen molar-refractivity contribution in [3.05, 3.63) is 23.9 Å². The molecule has 1 aliphatic rings. The van der Waals surface area contributed by atoms with Crippen LogP contribution in [0, 0.1) is 6.92 Å². The first-order chi connectivity index (χ1) is 6.36. The summed E-state index contributed by atoms with van der Waals surface area (Å²) < 4.78 is 5.28. The fraction of sp³-hybridized carbons (Fsp3) is 0.500. The Hall–Kier alpha value is -1.09. The molecule has 0 aliphatic carbocycles. The van der Waals surface area contributed by atoms with Gasteiger partial charge in [-0.05, 0) is 19.1 Å². The van der Waals surface area contributed by atoms with Crippen LogP contribution < -0.4 is 4.90 Å². The molecule has 2 rings (SSSR count). The zero-order valence-electron chi connectivity index (χ0n) is 7.86. The van der Waals surface area contributed by atoms with E-state index in [-0.39, 0.29) is 0 Å². The van der Waals surface area contributed by atoms with Crippen LogP contribution in [0.3, 0.4) is 0 Å². The lowest BCUT2D eigenvalue weighted by molar-refractivity contribution is 0.122. The van der Waals surface area contributed by atoms with Crippen molar-refractivity contribution >= 4 is 5.82 Å². The van der Waals surface area contributed by atoms with Gasteiger partial charge in [0.2, 0.25) is 0 Å². The third kappa shape index (κ3) is 1.98. The monoisotopic (exact) mass is 178 g/mol. The molecule has 1 fully saturated rings. The van der Waals surface area contributed by atoms with Crippen molar-refractivity contribution in [1.29, 1.82) is 0 Å². The van der Waals surface area contributed by atoms with E-state index in [0.29, 0.717) is 0 Å². The maximum absolute atomic E-state index is 5.28. The van der Waals surface area contributed by atoms with Crippen LogP contribution in [-0.2, 0) is 4.74 Å². The van der Waals surface area contributed by atoms with Crippen molar-refractivity contribution in [2.45, 2.75) is 6.92 Å². The van der Waals surface area contributed by atoms with Crippen LogP contribution in [0.1, 0.15) is 5.69 Å². The Labute approximate surface area is 78.3 Å². The van der Waals surface area contributed by atoms with Crippen LogP contribution in [0.2, 0.25) is 0 Å². The molecule has 1 aromatic heterocycles. The summed E-state index contributed by atoms with van der Waals surface area (Å²) in [4.78, 5) is 6.73. The second kappa shape index (κ2) is 3.75. The van der Waals surface area contributed by atoms with Crippen molar-refractivity contribution in [3.63, 3.8) is 0 Å². The predicted octanol–water partition coefficient (Wildman–Crippen LogP) is 1.23. The minimum absolute atomic E-state index is 0.815. The number of aryl methyl sites for hydroxylation is 1. The SMILES string of the molecule is Cc1cccc(N2CCOCC2)n1. The third-order valence-corrected chi connectivity index (χ3v) is 2.21. The zero-order chi connectivity index (χ0) is 9.10. The summed E-state index contributed by atoms with van der Waals surface area (Å²) in [5.41, 5.74) is 1.07. The predicted molar refractivity (Wildman–Crippen MR) is 52.0 cm³/mol. The van der Waals surface area contributed by atoms with Gasteiger partial charge in [0.15, 0.2) is 0 Å². The van der Waals surface area contributed by atoms with Crippen LogP contribution in [0.25, 0.3) is 0 Å². The molecule has 3 nitrogen and oxygen atoms in total. The molecule has 0 spiro atoms. The summed E-state index contributed by atoms with van der Waals surface area (Å²) in [6.07, 6.45) is 0. The summed E-state index contributed by atoms with van der Waals surface area (Å²) in [6.45, 7) is 5.56. The number of aromatic nitrogens is 1. The number of anilines is 1. The first kappa shape index (κ1) is 8.51. The second-order valence-electron chi connectivity index (χ2n) is 3.24. The van der Waals surface area contributed by atoms with E-state index >= 15 is 0 Å². The van der Waals surface area contributed by atoms with Crippen molar-refractivity contribution in [2.75, 3.05) is 31.2 Å². The van der Waals surface area contributed by atoms with Crippen molar-refractivity contribution in [1.82, 2.24) is 4.98 Å². The second-order valence-corrected chi connectivity index (χ2v) is 3.24. The number of ether oxygens (including phenoxy) is 1. The molecule has 2 heterocycles. The average Bonchev–Trinajstić information content (AvgIpc) is 2.19. The summed E-state index contributed by atoms with van der Waals surface area (Å²) in [5.74, 6) is 1.07. The van der Waals surface area contributed by atoms with E-state index in [0.717, 1.165) is 37.8 Å². The Morgan fingerprint density at radius 2 is 2.08 bits per heavy atom. The Morgan fingerprint density at radius 1 is 1.31 bits per heavy atom. The molecule has 0 N–H and O–H groups in total.